The maximum Gasteiger partial charge on any atom is 0.230 e. The third-order valence-electron chi connectivity index (χ3n) is 4.19. The number of rotatable bonds is 6. The monoisotopic (exact) mass is 269 g/mol. The second kappa shape index (κ2) is 8.02. The first kappa shape index (κ1) is 15.8. The van der Waals surface area contributed by atoms with Crippen LogP contribution in [0, 0.1) is 17.8 Å². The molecular weight excluding hydrogens is 242 g/mol. The molecule has 5 heteroatoms. The predicted octanol–water partition coefficient (Wildman–Crippen LogP) is 2.09. The molecule has 19 heavy (non-hydrogen) atoms. The highest BCUT2D eigenvalue weighted by molar-refractivity contribution is 6.02. The van der Waals surface area contributed by atoms with Crippen LogP contribution in [0.25, 0.3) is 0 Å². The molecule has 1 amide bonds. The van der Waals surface area contributed by atoms with Crippen molar-refractivity contribution in [1.29, 1.82) is 0 Å². The van der Waals surface area contributed by atoms with Gasteiger partial charge in [0.25, 0.3) is 0 Å². The SMILES string of the molecule is CCCC(C(=O)NCC1CCCCC1C)C(N)=NO. The van der Waals surface area contributed by atoms with E-state index in [9.17, 15) is 4.79 Å². The Kier molecular flexibility index (Phi) is 6.67. The van der Waals surface area contributed by atoms with Gasteiger partial charge in [0.1, 0.15) is 0 Å². The van der Waals surface area contributed by atoms with E-state index in [-0.39, 0.29) is 11.7 Å². The van der Waals surface area contributed by atoms with Gasteiger partial charge in [0, 0.05) is 6.54 Å². The van der Waals surface area contributed by atoms with E-state index in [0.29, 0.717) is 24.8 Å². The summed E-state index contributed by atoms with van der Waals surface area (Å²) in [6.07, 6.45) is 6.43. The zero-order valence-electron chi connectivity index (χ0n) is 12.1. The lowest BCUT2D eigenvalue weighted by Crippen LogP contribution is -2.42. The first-order valence-corrected chi connectivity index (χ1v) is 7.35. The normalized spacial score (nSPS) is 25.9. The Morgan fingerprint density at radius 1 is 1.47 bits per heavy atom. The highest BCUT2D eigenvalue weighted by Gasteiger charge is 2.25. The summed E-state index contributed by atoms with van der Waals surface area (Å²) >= 11 is 0. The molecule has 0 aromatic rings. The molecule has 110 valence electrons. The van der Waals surface area contributed by atoms with Crippen molar-refractivity contribution in [2.45, 2.75) is 52.4 Å². The first-order valence-electron chi connectivity index (χ1n) is 7.35. The third kappa shape index (κ3) is 4.73. The lowest BCUT2D eigenvalue weighted by molar-refractivity contribution is -0.123. The fourth-order valence-electron chi connectivity index (χ4n) is 2.82. The summed E-state index contributed by atoms with van der Waals surface area (Å²) in [5, 5.41) is 14.7. The standard InChI is InChI=1S/C14H27N3O2/c1-3-6-12(13(15)17-19)14(18)16-9-11-8-5-4-7-10(11)2/h10-12,19H,3-9H2,1-2H3,(H2,15,17)(H,16,18). The average molecular weight is 269 g/mol. The second-order valence-electron chi connectivity index (χ2n) is 5.63. The minimum atomic E-state index is -0.506. The van der Waals surface area contributed by atoms with Crippen molar-refractivity contribution in [1.82, 2.24) is 5.32 Å². The van der Waals surface area contributed by atoms with Crippen LogP contribution >= 0.6 is 0 Å². The number of amidine groups is 1. The number of nitrogens with two attached hydrogens (primary N) is 1. The number of hydrogen-bond acceptors (Lipinski definition) is 3. The molecule has 1 fully saturated rings. The van der Waals surface area contributed by atoms with Crippen LogP contribution in [0.1, 0.15) is 52.4 Å². The predicted molar refractivity (Wildman–Crippen MR) is 75.9 cm³/mol. The second-order valence-corrected chi connectivity index (χ2v) is 5.63. The first-order chi connectivity index (χ1) is 9.10. The third-order valence-corrected chi connectivity index (χ3v) is 4.19. The molecule has 0 radical (unpaired) electrons. The van der Waals surface area contributed by atoms with Crippen LogP contribution in [0.15, 0.2) is 5.16 Å². The summed E-state index contributed by atoms with van der Waals surface area (Å²) in [5.74, 6) is 0.620. The summed E-state index contributed by atoms with van der Waals surface area (Å²) in [4.78, 5) is 12.1. The molecule has 0 spiro atoms. The molecule has 3 atom stereocenters. The Hall–Kier alpha value is -1.26. The number of nitrogens with one attached hydrogen (secondary N) is 1. The van der Waals surface area contributed by atoms with Gasteiger partial charge in [0.15, 0.2) is 5.84 Å². The number of oxime groups is 1. The van der Waals surface area contributed by atoms with Crippen molar-refractivity contribution in [3.05, 3.63) is 0 Å². The number of nitrogens with zero attached hydrogens (tertiary/aromatic N) is 1. The fraction of sp³-hybridized carbons (Fsp3) is 0.857. The summed E-state index contributed by atoms with van der Waals surface area (Å²) in [6, 6.07) is 0. The molecule has 1 rings (SSSR count). The number of carbonyl (C=O) groups is 1. The molecule has 5 nitrogen and oxygen atoms in total. The molecule has 4 N–H and O–H groups in total. The van der Waals surface area contributed by atoms with Gasteiger partial charge in [0.2, 0.25) is 5.91 Å². The van der Waals surface area contributed by atoms with E-state index < -0.39 is 5.92 Å². The van der Waals surface area contributed by atoms with Crippen LogP contribution in [0.4, 0.5) is 0 Å². The van der Waals surface area contributed by atoms with Crippen molar-refractivity contribution >= 4 is 11.7 Å². The Morgan fingerprint density at radius 3 is 2.74 bits per heavy atom. The number of hydrogen-bond donors (Lipinski definition) is 3. The van der Waals surface area contributed by atoms with Gasteiger partial charge in [-0.1, -0.05) is 44.7 Å². The Morgan fingerprint density at radius 2 is 2.16 bits per heavy atom. The van der Waals surface area contributed by atoms with Crippen molar-refractivity contribution in [3.63, 3.8) is 0 Å². The van der Waals surface area contributed by atoms with Gasteiger partial charge in [-0.2, -0.15) is 0 Å². The fourth-order valence-corrected chi connectivity index (χ4v) is 2.82. The molecule has 1 saturated carbocycles. The van der Waals surface area contributed by atoms with Crippen molar-refractivity contribution in [2.24, 2.45) is 28.6 Å². The van der Waals surface area contributed by atoms with E-state index >= 15 is 0 Å². The maximum absolute atomic E-state index is 12.1. The quantitative estimate of drug-likeness (QED) is 0.298. The highest BCUT2D eigenvalue weighted by atomic mass is 16.4. The summed E-state index contributed by atoms with van der Waals surface area (Å²) < 4.78 is 0. The van der Waals surface area contributed by atoms with Crippen LogP contribution in [0.5, 0.6) is 0 Å². The maximum atomic E-state index is 12.1. The van der Waals surface area contributed by atoms with Crippen molar-refractivity contribution < 1.29 is 10.0 Å². The minimum absolute atomic E-state index is 0.0102. The van der Waals surface area contributed by atoms with Crippen molar-refractivity contribution in [2.75, 3.05) is 6.54 Å². The summed E-state index contributed by atoms with van der Waals surface area (Å²) in [7, 11) is 0. The van der Waals surface area contributed by atoms with Crippen LogP contribution < -0.4 is 11.1 Å². The van der Waals surface area contributed by atoms with E-state index in [1.165, 1.54) is 25.7 Å². The van der Waals surface area contributed by atoms with Gasteiger partial charge in [-0.3, -0.25) is 4.79 Å². The molecule has 0 heterocycles. The summed E-state index contributed by atoms with van der Waals surface area (Å²) in [5.41, 5.74) is 5.58. The zero-order valence-corrected chi connectivity index (χ0v) is 12.1. The van der Waals surface area contributed by atoms with Crippen LogP contribution in [-0.2, 0) is 4.79 Å². The minimum Gasteiger partial charge on any atom is -0.409 e. The van der Waals surface area contributed by atoms with Gasteiger partial charge in [-0.05, 0) is 24.7 Å². The molecular formula is C14H27N3O2. The molecule has 3 unspecified atom stereocenters. The van der Waals surface area contributed by atoms with Gasteiger partial charge in [0.05, 0.1) is 5.92 Å². The molecule has 0 saturated heterocycles. The largest absolute Gasteiger partial charge is 0.409 e. The smallest absolute Gasteiger partial charge is 0.230 e. The van der Waals surface area contributed by atoms with Gasteiger partial charge in [-0.15, -0.1) is 0 Å². The lowest BCUT2D eigenvalue weighted by Gasteiger charge is -2.29. The van der Waals surface area contributed by atoms with Gasteiger partial charge >= 0.3 is 0 Å². The van der Waals surface area contributed by atoms with Crippen LogP contribution in [0.2, 0.25) is 0 Å². The molecule has 0 aromatic heterocycles. The Labute approximate surface area is 115 Å². The van der Waals surface area contributed by atoms with Gasteiger partial charge in [-0.25, -0.2) is 0 Å². The van der Waals surface area contributed by atoms with Gasteiger partial charge < -0.3 is 16.3 Å². The molecule has 1 aliphatic carbocycles. The van der Waals surface area contributed by atoms with Crippen LogP contribution in [-0.4, -0.2) is 23.5 Å². The van der Waals surface area contributed by atoms with E-state index in [2.05, 4.69) is 17.4 Å². The van der Waals surface area contributed by atoms with E-state index in [1.54, 1.807) is 0 Å². The lowest BCUT2D eigenvalue weighted by atomic mass is 9.80. The van der Waals surface area contributed by atoms with E-state index in [0.717, 1.165) is 6.42 Å². The Balaban J connectivity index is 2.47. The van der Waals surface area contributed by atoms with Crippen LogP contribution in [0.3, 0.4) is 0 Å². The van der Waals surface area contributed by atoms with E-state index in [4.69, 9.17) is 10.9 Å². The molecule has 0 bridgehead atoms. The Bertz CT molecular complexity index is 318. The molecule has 1 aliphatic rings. The van der Waals surface area contributed by atoms with Crippen molar-refractivity contribution in [3.8, 4) is 0 Å². The number of amides is 1. The highest BCUT2D eigenvalue weighted by Crippen LogP contribution is 2.28. The topological polar surface area (TPSA) is 87.7 Å². The average Bonchev–Trinajstić information content (AvgIpc) is 2.42. The van der Waals surface area contributed by atoms with E-state index in [1.807, 2.05) is 6.92 Å². The number of carbonyl (C=O) groups excluding carboxylic acids is 1. The summed E-state index contributed by atoms with van der Waals surface area (Å²) in [6.45, 7) is 4.94. The zero-order chi connectivity index (χ0) is 14.3. The molecule has 0 aromatic carbocycles. The molecule has 0 aliphatic heterocycles.